The van der Waals surface area contributed by atoms with Crippen LogP contribution in [0.25, 0.3) is 11.1 Å². The molecule has 1 saturated heterocycles. The third kappa shape index (κ3) is 5.95. The van der Waals surface area contributed by atoms with Crippen molar-refractivity contribution in [1.82, 2.24) is 4.90 Å². The van der Waals surface area contributed by atoms with Crippen molar-refractivity contribution in [2.75, 3.05) is 26.2 Å². The normalized spacial score (nSPS) is 19.0. The van der Waals surface area contributed by atoms with E-state index in [0.29, 0.717) is 5.92 Å². The molecular formula is C35H54BNO. The summed E-state index contributed by atoms with van der Waals surface area (Å²) in [6.07, 6.45) is 5.79. The van der Waals surface area contributed by atoms with Crippen LogP contribution in [0.15, 0.2) is 36.4 Å². The molecule has 0 bridgehead atoms. The summed E-state index contributed by atoms with van der Waals surface area (Å²) in [5, 5.41) is 0.198. The van der Waals surface area contributed by atoms with Gasteiger partial charge < -0.3 is 9.64 Å². The summed E-state index contributed by atoms with van der Waals surface area (Å²) in [6, 6.07) is 14.8. The molecule has 2 aromatic rings. The van der Waals surface area contributed by atoms with E-state index in [1.165, 1.54) is 35.1 Å². The lowest BCUT2D eigenvalue weighted by atomic mass is 9.62. The molecule has 2 nitrogen and oxygen atoms in total. The van der Waals surface area contributed by atoms with Crippen molar-refractivity contribution in [2.24, 2.45) is 5.92 Å². The summed E-state index contributed by atoms with van der Waals surface area (Å²) in [7, 11) is 2.40. The number of benzene rings is 2. The molecule has 0 amide bonds. The van der Waals surface area contributed by atoms with E-state index in [0.717, 1.165) is 45.5 Å². The molecule has 2 aromatic carbocycles. The maximum atomic E-state index is 6.29. The second-order valence-corrected chi connectivity index (χ2v) is 15.0. The Morgan fingerprint density at radius 1 is 0.895 bits per heavy atom. The second kappa shape index (κ2) is 10.8. The summed E-state index contributed by atoms with van der Waals surface area (Å²) < 4.78 is 6.29. The molecule has 2 aliphatic rings. The van der Waals surface area contributed by atoms with Crippen molar-refractivity contribution >= 4 is 7.85 Å². The van der Waals surface area contributed by atoms with Gasteiger partial charge in [0.2, 0.25) is 0 Å². The van der Waals surface area contributed by atoms with E-state index in [9.17, 15) is 0 Å². The summed E-state index contributed by atoms with van der Waals surface area (Å²) in [5.41, 5.74) is 9.31. The molecule has 1 unspecified atom stereocenters. The van der Waals surface area contributed by atoms with Gasteiger partial charge in [0.1, 0.15) is 7.85 Å². The van der Waals surface area contributed by atoms with Gasteiger partial charge in [-0.15, -0.1) is 0 Å². The number of hydrogen-bond acceptors (Lipinski definition) is 2. The predicted molar refractivity (Wildman–Crippen MR) is 167 cm³/mol. The first-order valence-electron chi connectivity index (χ1n) is 15.4. The lowest BCUT2D eigenvalue weighted by molar-refractivity contribution is -0.0345. The first-order valence-corrected chi connectivity index (χ1v) is 15.4. The van der Waals surface area contributed by atoms with Crippen LogP contribution in [0, 0.1) is 5.92 Å². The van der Waals surface area contributed by atoms with Crippen LogP contribution in [-0.4, -0.2) is 44.6 Å². The average Bonchev–Trinajstić information content (AvgIpc) is 3.11. The van der Waals surface area contributed by atoms with Crippen molar-refractivity contribution < 1.29 is 4.74 Å². The van der Waals surface area contributed by atoms with Crippen molar-refractivity contribution in [2.45, 2.75) is 116 Å². The summed E-state index contributed by atoms with van der Waals surface area (Å²) in [4.78, 5) is 2.70. The van der Waals surface area contributed by atoms with E-state index in [2.05, 4.69) is 111 Å². The molecule has 0 N–H and O–H groups in total. The zero-order valence-electron chi connectivity index (χ0n) is 26.3. The Balaban J connectivity index is 1.60. The van der Waals surface area contributed by atoms with Gasteiger partial charge in [-0.05, 0) is 103 Å². The van der Waals surface area contributed by atoms with Gasteiger partial charge in [-0.1, -0.05) is 91.3 Å². The molecule has 0 radical (unpaired) electrons. The van der Waals surface area contributed by atoms with Gasteiger partial charge in [0, 0.05) is 18.6 Å². The monoisotopic (exact) mass is 515 g/mol. The standard InChI is InChI=1S/C35H54BNO/c1-10-34(9,36)27-12-14-29-28-13-11-26(32(4,5)6)23-30(28)35(31(29)24-27)17-20-37(21-18-35)19-16-33(7,8)38-22-15-25(2)3/h11-14,23-25H,10,15-22,36H2,1-9H3. The largest absolute Gasteiger partial charge is 0.376 e. The number of fused-ring (bicyclic) bond motifs is 5. The predicted octanol–water partition coefficient (Wildman–Crippen LogP) is 7.84. The molecule has 4 rings (SSSR count). The summed E-state index contributed by atoms with van der Waals surface area (Å²) in [6.45, 7) is 25.1. The van der Waals surface area contributed by atoms with Gasteiger partial charge in [-0.2, -0.15) is 0 Å². The number of piperidine rings is 1. The van der Waals surface area contributed by atoms with E-state index in [1.807, 2.05) is 0 Å². The van der Waals surface area contributed by atoms with Gasteiger partial charge in [0.25, 0.3) is 0 Å². The zero-order valence-corrected chi connectivity index (χ0v) is 26.3. The molecule has 3 heteroatoms. The Kier molecular flexibility index (Phi) is 8.34. The molecule has 38 heavy (non-hydrogen) atoms. The molecule has 208 valence electrons. The fourth-order valence-electron chi connectivity index (χ4n) is 6.35. The van der Waals surface area contributed by atoms with Gasteiger partial charge in [0.05, 0.1) is 5.60 Å². The van der Waals surface area contributed by atoms with Crippen LogP contribution in [-0.2, 0) is 20.9 Å². The highest BCUT2D eigenvalue weighted by Crippen LogP contribution is 2.55. The first-order chi connectivity index (χ1) is 17.7. The van der Waals surface area contributed by atoms with Gasteiger partial charge in [-0.3, -0.25) is 0 Å². The fourth-order valence-corrected chi connectivity index (χ4v) is 6.35. The van der Waals surface area contributed by atoms with Crippen LogP contribution in [0.4, 0.5) is 0 Å². The van der Waals surface area contributed by atoms with E-state index >= 15 is 0 Å². The Labute approximate surface area is 235 Å². The Bertz CT molecular complexity index is 1120. The summed E-state index contributed by atoms with van der Waals surface area (Å²) in [5.74, 6) is 0.698. The average molecular weight is 516 g/mol. The van der Waals surface area contributed by atoms with Crippen LogP contribution in [0.1, 0.15) is 117 Å². The third-order valence-electron chi connectivity index (χ3n) is 9.82. The number of likely N-dealkylation sites (tertiary alicyclic amines) is 1. The minimum absolute atomic E-state index is 0.0567. The van der Waals surface area contributed by atoms with Gasteiger partial charge >= 0.3 is 0 Å². The van der Waals surface area contributed by atoms with Crippen molar-refractivity contribution in [3.63, 3.8) is 0 Å². The number of hydrogen-bond donors (Lipinski definition) is 0. The van der Waals surface area contributed by atoms with E-state index in [-0.39, 0.29) is 21.7 Å². The maximum absolute atomic E-state index is 6.29. The SMILES string of the molecule is BC(C)(CC)c1ccc2c(c1)C1(CCN(CCC(C)(C)OCCC(C)C)CC1)c1cc(C(C)(C)C)ccc1-2. The third-order valence-corrected chi connectivity index (χ3v) is 9.82. The van der Waals surface area contributed by atoms with Gasteiger partial charge in [0.15, 0.2) is 0 Å². The van der Waals surface area contributed by atoms with E-state index < -0.39 is 0 Å². The Hall–Kier alpha value is -1.58. The van der Waals surface area contributed by atoms with Crippen LogP contribution in [0.2, 0.25) is 0 Å². The quantitative estimate of drug-likeness (QED) is 0.316. The van der Waals surface area contributed by atoms with Crippen molar-refractivity contribution in [3.8, 4) is 11.1 Å². The highest BCUT2D eigenvalue weighted by atomic mass is 16.5. The van der Waals surface area contributed by atoms with Crippen molar-refractivity contribution in [1.29, 1.82) is 0 Å². The number of ether oxygens (including phenoxy) is 1. The molecule has 1 aliphatic carbocycles. The minimum Gasteiger partial charge on any atom is -0.376 e. The number of nitrogens with zero attached hydrogens (tertiary/aromatic N) is 1. The lowest BCUT2D eigenvalue weighted by Gasteiger charge is -2.42. The van der Waals surface area contributed by atoms with Crippen LogP contribution < -0.4 is 0 Å². The smallest absolute Gasteiger partial charge is 0.114 e. The highest BCUT2D eigenvalue weighted by Gasteiger charge is 2.46. The zero-order chi connectivity index (χ0) is 27.9. The molecule has 1 spiro atoms. The fraction of sp³-hybridized carbons (Fsp3) is 0.657. The molecule has 1 heterocycles. The van der Waals surface area contributed by atoms with Crippen molar-refractivity contribution in [3.05, 3.63) is 58.7 Å². The Morgan fingerprint density at radius 2 is 1.45 bits per heavy atom. The second-order valence-electron chi connectivity index (χ2n) is 15.0. The van der Waals surface area contributed by atoms with Crippen LogP contribution >= 0.6 is 0 Å². The summed E-state index contributed by atoms with van der Waals surface area (Å²) >= 11 is 0. The molecule has 1 fully saturated rings. The Morgan fingerprint density at radius 3 is 1.97 bits per heavy atom. The van der Waals surface area contributed by atoms with Crippen LogP contribution in [0.3, 0.4) is 0 Å². The highest BCUT2D eigenvalue weighted by molar-refractivity contribution is 6.15. The maximum Gasteiger partial charge on any atom is 0.114 e. The van der Waals surface area contributed by atoms with Crippen LogP contribution in [0.5, 0.6) is 0 Å². The molecule has 1 atom stereocenters. The number of rotatable bonds is 9. The molecule has 1 aliphatic heterocycles. The molecular weight excluding hydrogens is 461 g/mol. The molecule has 0 saturated carbocycles. The minimum atomic E-state index is -0.0567. The van der Waals surface area contributed by atoms with E-state index in [1.54, 1.807) is 11.1 Å². The van der Waals surface area contributed by atoms with E-state index in [4.69, 9.17) is 4.74 Å². The van der Waals surface area contributed by atoms with Gasteiger partial charge in [-0.25, -0.2) is 0 Å². The lowest BCUT2D eigenvalue weighted by Crippen LogP contribution is -2.44. The topological polar surface area (TPSA) is 12.5 Å². The molecule has 0 aromatic heterocycles. The first kappa shape index (κ1) is 29.4.